The number of pyridine rings is 1. The van der Waals surface area contributed by atoms with Gasteiger partial charge in [0.05, 0.1) is 7.11 Å². The van der Waals surface area contributed by atoms with Crippen molar-refractivity contribution in [2.45, 2.75) is 18.9 Å². The Morgan fingerprint density at radius 1 is 1.10 bits per heavy atom. The monoisotopic (exact) mass is 385 g/mol. The number of hydrogen-bond acceptors (Lipinski definition) is 3. The van der Waals surface area contributed by atoms with Crippen molar-refractivity contribution in [1.82, 2.24) is 15.3 Å². The summed E-state index contributed by atoms with van der Waals surface area (Å²) in [4.78, 5) is 20.2. The highest BCUT2D eigenvalue weighted by atomic mass is 16.5. The van der Waals surface area contributed by atoms with Gasteiger partial charge in [-0.25, -0.2) is 0 Å². The number of amides is 1. The molecule has 5 nitrogen and oxygen atoms in total. The highest BCUT2D eigenvalue weighted by Crippen LogP contribution is 2.34. The van der Waals surface area contributed by atoms with Gasteiger partial charge in [-0.3, -0.25) is 9.78 Å². The molecule has 0 aliphatic rings. The molecular formula is C24H23N3O2. The third-order valence-corrected chi connectivity index (χ3v) is 5.12. The Morgan fingerprint density at radius 3 is 2.69 bits per heavy atom. The van der Waals surface area contributed by atoms with Crippen LogP contribution >= 0.6 is 0 Å². The SMILES string of the molecule is COc1ccc(C(CC(=O)NCc2cccnc2)c2c[nH]c3ccccc23)cc1. The molecule has 1 unspecified atom stereocenters. The van der Waals surface area contributed by atoms with E-state index in [1.807, 2.05) is 60.8 Å². The van der Waals surface area contributed by atoms with Gasteiger partial charge >= 0.3 is 0 Å². The molecule has 0 bridgehead atoms. The van der Waals surface area contributed by atoms with Crippen LogP contribution in [0, 0.1) is 0 Å². The number of ether oxygens (including phenoxy) is 1. The smallest absolute Gasteiger partial charge is 0.221 e. The molecule has 5 heteroatoms. The number of H-pyrrole nitrogens is 1. The van der Waals surface area contributed by atoms with Gasteiger partial charge < -0.3 is 15.0 Å². The van der Waals surface area contributed by atoms with Crippen molar-refractivity contribution in [2.75, 3.05) is 7.11 Å². The number of aromatic nitrogens is 2. The Morgan fingerprint density at radius 2 is 1.93 bits per heavy atom. The summed E-state index contributed by atoms with van der Waals surface area (Å²) in [6.45, 7) is 0.468. The van der Waals surface area contributed by atoms with Crippen molar-refractivity contribution in [3.63, 3.8) is 0 Å². The molecule has 0 aliphatic carbocycles. The van der Waals surface area contributed by atoms with Crippen molar-refractivity contribution in [3.8, 4) is 5.75 Å². The summed E-state index contributed by atoms with van der Waals surface area (Å²) in [7, 11) is 1.65. The van der Waals surface area contributed by atoms with Crippen molar-refractivity contribution in [2.24, 2.45) is 0 Å². The van der Waals surface area contributed by atoms with Gasteiger partial charge in [0.2, 0.25) is 5.91 Å². The number of carbonyl (C=O) groups is 1. The third kappa shape index (κ3) is 4.29. The predicted octanol–water partition coefficient (Wildman–Crippen LogP) is 4.41. The number of benzene rings is 2. The first-order chi connectivity index (χ1) is 14.2. The second-order valence-electron chi connectivity index (χ2n) is 6.96. The van der Waals surface area contributed by atoms with Crippen LogP contribution in [0.4, 0.5) is 0 Å². The van der Waals surface area contributed by atoms with Gasteiger partial charge in [0, 0.05) is 48.4 Å². The van der Waals surface area contributed by atoms with Gasteiger partial charge in [-0.1, -0.05) is 36.4 Å². The van der Waals surface area contributed by atoms with Crippen LogP contribution < -0.4 is 10.1 Å². The van der Waals surface area contributed by atoms with Gasteiger partial charge in [0.25, 0.3) is 0 Å². The number of fused-ring (bicyclic) bond motifs is 1. The fourth-order valence-corrected chi connectivity index (χ4v) is 3.59. The molecule has 4 rings (SSSR count). The molecule has 0 fully saturated rings. The van der Waals surface area contributed by atoms with Crippen molar-refractivity contribution in [1.29, 1.82) is 0 Å². The van der Waals surface area contributed by atoms with Crippen LogP contribution in [0.25, 0.3) is 10.9 Å². The third-order valence-electron chi connectivity index (χ3n) is 5.12. The minimum atomic E-state index is -0.0639. The molecule has 146 valence electrons. The maximum atomic E-state index is 12.8. The lowest BCUT2D eigenvalue weighted by Crippen LogP contribution is -2.25. The molecule has 0 saturated carbocycles. The summed E-state index contributed by atoms with van der Waals surface area (Å²) < 4.78 is 5.29. The highest BCUT2D eigenvalue weighted by Gasteiger charge is 2.21. The molecule has 0 radical (unpaired) electrons. The van der Waals surface area contributed by atoms with E-state index < -0.39 is 0 Å². The zero-order valence-electron chi connectivity index (χ0n) is 16.3. The molecule has 0 saturated heterocycles. The molecule has 4 aromatic rings. The molecule has 2 aromatic carbocycles. The Kier molecular flexibility index (Phi) is 5.56. The molecule has 1 atom stereocenters. The minimum Gasteiger partial charge on any atom is -0.497 e. The Hall–Kier alpha value is -3.60. The quantitative estimate of drug-likeness (QED) is 0.495. The van der Waals surface area contributed by atoms with Gasteiger partial charge in [-0.05, 0) is 41.0 Å². The lowest BCUT2D eigenvalue weighted by molar-refractivity contribution is -0.121. The van der Waals surface area contributed by atoms with E-state index in [1.165, 1.54) is 0 Å². The molecule has 2 N–H and O–H groups in total. The topological polar surface area (TPSA) is 67.0 Å². The van der Waals surface area contributed by atoms with Gasteiger partial charge in [0.15, 0.2) is 0 Å². The first-order valence-electron chi connectivity index (χ1n) is 9.60. The van der Waals surface area contributed by atoms with Crippen LogP contribution in [0.1, 0.15) is 29.0 Å². The first kappa shape index (κ1) is 18.7. The fourth-order valence-electron chi connectivity index (χ4n) is 3.59. The van der Waals surface area contributed by atoms with Gasteiger partial charge in [-0.2, -0.15) is 0 Å². The van der Waals surface area contributed by atoms with Crippen LogP contribution in [0.2, 0.25) is 0 Å². The number of methoxy groups -OCH3 is 1. The van der Waals surface area contributed by atoms with E-state index >= 15 is 0 Å². The first-order valence-corrected chi connectivity index (χ1v) is 9.60. The number of carbonyl (C=O) groups excluding carboxylic acids is 1. The summed E-state index contributed by atoms with van der Waals surface area (Å²) in [6, 6.07) is 19.9. The summed E-state index contributed by atoms with van der Waals surface area (Å²) in [6.07, 6.45) is 5.85. The van der Waals surface area contributed by atoms with Crippen molar-refractivity contribution < 1.29 is 9.53 Å². The van der Waals surface area contributed by atoms with Crippen molar-refractivity contribution >= 4 is 16.8 Å². The maximum absolute atomic E-state index is 12.8. The maximum Gasteiger partial charge on any atom is 0.221 e. The van der Waals surface area contributed by atoms with Crippen LogP contribution in [0.3, 0.4) is 0 Å². The number of hydrogen-bond donors (Lipinski definition) is 2. The zero-order chi connectivity index (χ0) is 20.1. The van der Waals surface area contributed by atoms with E-state index in [0.717, 1.165) is 33.3 Å². The Bertz CT molecular complexity index is 1090. The van der Waals surface area contributed by atoms with Crippen LogP contribution in [-0.4, -0.2) is 23.0 Å². The molecule has 0 aliphatic heterocycles. The van der Waals surface area contributed by atoms with Gasteiger partial charge in [0.1, 0.15) is 5.75 Å². The van der Waals surface area contributed by atoms with E-state index in [-0.39, 0.29) is 11.8 Å². The largest absolute Gasteiger partial charge is 0.497 e. The average Bonchev–Trinajstić information content (AvgIpc) is 3.21. The summed E-state index contributed by atoms with van der Waals surface area (Å²) in [5, 5.41) is 4.15. The Labute approximate surface area is 169 Å². The van der Waals surface area contributed by atoms with E-state index in [0.29, 0.717) is 13.0 Å². The van der Waals surface area contributed by atoms with Crippen LogP contribution in [-0.2, 0) is 11.3 Å². The van der Waals surface area contributed by atoms with E-state index in [9.17, 15) is 4.79 Å². The molecular weight excluding hydrogens is 362 g/mol. The lowest BCUT2D eigenvalue weighted by atomic mass is 9.88. The summed E-state index contributed by atoms with van der Waals surface area (Å²) >= 11 is 0. The van der Waals surface area contributed by atoms with Crippen LogP contribution in [0.15, 0.2) is 79.3 Å². The standard InChI is InChI=1S/C24H23N3O2/c1-29-19-10-8-18(9-11-19)21(22-16-26-23-7-3-2-6-20(22)23)13-24(28)27-15-17-5-4-12-25-14-17/h2-12,14,16,21,26H,13,15H2,1H3,(H,27,28). The highest BCUT2D eigenvalue weighted by molar-refractivity contribution is 5.86. The van der Waals surface area contributed by atoms with E-state index in [4.69, 9.17) is 4.74 Å². The van der Waals surface area contributed by atoms with E-state index in [1.54, 1.807) is 19.5 Å². The molecule has 2 heterocycles. The second kappa shape index (κ2) is 8.61. The average molecular weight is 385 g/mol. The second-order valence-corrected chi connectivity index (χ2v) is 6.96. The minimum absolute atomic E-state index is 0.0000442. The fraction of sp³-hybridized carbons (Fsp3) is 0.167. The molecule has 1 amide bonds. The molecule has 29 heavy (non-hydrogen) atoms. The molecule has 2 aromatic heterocycles. The predicted molar refractivity (Wildman–Crippen MR) is 114 cm³/mol. The van der Waals surface area contributed by atoms with E-state index in [2.05, 4.69) is 21.4 Å². The zero-order valence-corrected chi connectivity index (χ0v) is 16.3. The lowest BCUT2D eigenvalue weighted by Gasteiger charge is -2.18. The van der Waals surface area contributed by atoms with Crippen molar-refractivity contribution in [3.05, 3.63) is 95.9 Å². The number of nitrogens with one attached hydrogen (secondary N) is 2. The normalized spacial score (nSPS) is 11.9. The Balaban J connectivity index is 1.60. The number of aromatic amines is 1. The summed E-state index contributed by atoms with van der Waals surface area (Å²) in [5.41, 5.74) is 4.24. The molecule has 0 spiro atoms. The number of para-hydroxylation sites is 1. The number of nitrogens with zero attached hydrogens (tertiary/aromatic N) is 1. The summed E-state index contributed by atoms with van der Waals surface area (Å²) in [5.74, 6) is 0.735. The van der Waals surface area contributed by atoms with Gasteiger partial charge in [-0.15, -0.1) is 0 Å². The number of rotatable bonds is 7. The van der Waals surface area contributed by atoms with Crippen LogP contribution in [0.5, 0.6) is 5.75 Å².